The standard InChI is InChI=1S/C26H28N2O2/c1-19-12-14-22(15-13-19)29-17-7-16-28-25-11-5-4-10-24(25)27-26(28)21(3)30-23-9-6-8-20(2)18-23/h4-6,8-15,18,21H,7,16-17H2,1-3H3. The molecule has 4 nitrogen and oxygen atoms in total. The van der Waals surface area contributed by atoms with Gasteiger partial charge in [-0.05, 0) is 69.2 Å². The lowest BCUT2D eigenvalue weighted by Gasteiger charge is -2.17. The third-order valence-electron chi connectivity index (χ3n) is 5.17. The lowest BCUT2D eigenvalue weighted by molar-refractivity contribution is 0.210. The normalized spacial score (nSPS) is 12.1. The van der Waals surface area contributed by atoms with Crippen LogP contribution in [0.2, 0.25) is 0 Å². The van der Waals surface area contributed by atoms with Crippen LogP contribution in [0.4, 0.5) is 0 Å². The van der Waals surface area contributed by atoms with Crippen LogP contribution in [0.1, 0.15) is 36.4 Å². The minimum atomic E-state index is -0.155. The molecular formula is C26H28N2O2. The summed E-state index contributed by atoms with van der Waals surface area (Å²) in [5.74, 6) is 2.71. The molecule has 1 aromatic heterocycles. The Labute approximate surface area is 178 Å². The Hall–Kier alpha value is -3.27. The maximum absolute atomic E-state index is 6.22. The van der Waals surface area contributed by atoms with E-state index in [1.54, 1.807) is 0 Å². The fourth-order valence-electron chi connectivity index (χ4n) is 3.63. The van der Waals surface area contributed by atoms with Crippen molar-refractivity contribution in [2.75, 3.05) is 6.61 Å². The third-order valence-corrected chi connectivity index (χ3v) is 5.17. The third kappa shape index (κ3) is 4.65. The zero-order valence-corrected chi connectivity index (χ0v) is 17.8. The number of hydrogen-bond acceptors (Lipinski definition) is 3. The molecule has 0 saturated carbocycles. The predicted molar refractivity (Wildman–Crippen MR) is 121 cm³/mol. The fraction of sp³-hybridized carbons (Fsp3) is 0.269. The van der Waals surface area contributed by atoms with Crippen molar-refractivity contribution < 1.29 is 9.47 Å². The lowest BCUT2D eigenvalue weighted by Crippen LogP contribution is -2.13. The molecule has 0 N–H and O–H groups in total. The summed E-state index contributed by atoms with van der Waals surface area (Å²) in [4.78, 5) is 4.87. The molecule has 0 aliphatic carbocycles. The van der Waals surface area contributed by atoms with Crippen molar-refractivity contribution in [3.63, 3.8) is 0 Å². The molecule has 0 radical (unpaired) electrons. The zero-order chi connectivity index (χ0) is 20.9. The van der Waals surface area contributed by atoms with Crippen LogP contribution in [0.25, 0.3) is 11.0 Å². The minimum Gasteiger partial charge on any atom is -0.494 e. The first-order valence-corrected chi connectivity index (χ1v) is 10.5. The van der Waals surface area contributed by atoms with E-state index in [-0.39, 0.29) is 6.10 Å². The van der Waals surface area contributed by atoms with Gasteiger partial charge in [0.2, 0.25) is 0 Å². The molecular weight excluding hydrogens is 372 g/mol. The van der Waals surface area contributed by atoms with Gasteiger partial charge in [-0.1, -0.05) is 42.0 Å². The van der Waals surface area contributed by atoms with Gasteiger partial charge in [-0.15, -0.1) is 0 Å². The molecule has 0 spiro atoms. The van der Waals surface area contributed by atoms with Crippen LogP contribution >= 0.6 is 0 Å². The molecule has 1 unspecified atom stereocenters. The second-order valence-corrected chi connectivity index (χ2v) is 7.70. The quantitative estimate of drug-likeness (QED) is 0.327. The van der Waals surface area contributed by atoms with Crippen LogP contribution in [0.15, 0.2) is 72.8 Å². The average molecular weight is 401 g/mol. The van der Waals surface area contributed by atoms with Crippen LogP contribution in [0, 0.1) is 13.8 Å². The minimum absolute atomic E-state index is 0.155. The largest absolute Gasteiger partial charge is 0.494 e. The number of hydrogen-bond donors (Lipinski definition) is 0. The first-order valence-electron chi connectivity index (χ1n) is 10.5. The van der Waals surface area contributed by atoms with Crippen LogP contribution in [-0.4, -0.2) is 16.2 Å². The summed E-state index contributed by atoms with van der Waals surface area (Å²) in [5.41, 5.74) is 4.54. The van der Waals surface area contributed by atoms with Crippen molar-refractivity contribution in [3.8, 4) is 11.5 Å². The van der Waals surface area contributed by atoms with Crippen molar-refractivity contribution in [2.24, 2.45) is 0 Å². The van der Waals surface area contributed by atoms with Gasteiger partial charge in [-0.3, -0.25) is 0 Å². The summed E-state index contributed by atoms with van der Waals surface area (Å²) in [6, 6.07) is 24.6. The van der Waals surface area contributed by atoms with Crippen LogP contribution in [-0.2, 0) is 6.54 Å². The van der Waals surface area contributed by atoms with Gasteiger partial charge in [-0.25, -0.2) is 4.98 Å². The van der Waals surface area contributed by atoms with Gasteiger partial charge >= 0.3 is 0 Å². The Morgan fingerprint density at radius 1 is 0.867 bits per heavy atom. The summed E-state index contributed by atoms with van der Waals surface area (Å²) in [6.45, 7) is 7.68. The molecule has 0 fully saturated rings. The number of ether oxygens (including phenoxy) is 2. The summed E-state index contributed by atoms with van der Waals surface area (Å²) in [5, 5.41) is 0. The Kier molecular flexibility index (Phi) is 6.03. The first-order chi connectivity index (χ1) is 14.6. The number of aryl methyl sites for hydroxylation is 3. The summed E-state index contributed by atoms with van der Waals surface area (Å²) >= 11 is 0. The van der Waals surface area contributed by atoms with E-state index in [9.17, 15) is 0 Å². The van der Waals surface area contributed by atoms with Crippen molar-refractivity contribution in [3.05, 3.63) is 89.7 Å². The SMILES string of the molecule is Cc1ccc(OCCCn2c(C(C)Oc3cccc(C)c3)nc3ccccc32)cc1. The van der Waals surface area contributed by atoms with E-state index in [1.807, 2.05) is 30.3 Å². The monoisotopic (exact) mass is 400 g/mol. The van der Waals surface area contributed by atoms with Gasteiger partial charge in [0.25, 0.3) is 0 Å². The number of fused-ring (bicyclic) bond motifs is 1. The maximum Gasteiger partial charge on any atom is 0.153 e. The molecule has 3 aromatic carbocycles. The van der Waals surface area contributed by atoms with E-state index >= 15 is 0 Å². The highest BCUT2D eigenvalue weighted by Gasteiger charge is 2.18. The number of aromatic nitrogens is 2. The van der Waals surface area contributed by atoms with Crippen LogP contribution in [0.5, 0.6) is 11.5 Å². The molecule has 154 valence electrons. The zero-order valence-electron chi connectivity index (χ0n) is 17.8. The number of nitrogens with zero attached hydrogens (tertiary/aromatic N) is 2. The average Bonchev–Trinajstić information content (AvgIpc) is 3.11. The molecule has 4 rings (SSSR count). The smallest absolute Gasteiger partial charge is 0.153 e. The molecule has 0 saturated heterocycles. The van der Waals surface area contributed by atoms with Gasteiger partial charge < -0.3 is 14.0 Å². The molecule has 0 aliphatic rings. The molecule has 0 amide bonds. The van der Waals surface area contributed by atoms with Crippen molar-refractivity contribution in [1.29, 1.82) is 0 Å². The van der Waals surface area contributed by atoms with Crippen LogP contribution < -0.4 is 9.47 Å². The van der Waals surface area contributed by atoms with Crippen LogP contribution in [0.3, 0.4) is 0 Å². The number of para-hydroxylation sites is 2. The second-order valence-electron chi connectivity index (χ2n) is 7.70. The lowest BCUT2D eigenvalue weighted by atomic mass is 10.2. The van der Waals surface area contributed by atoms with E-state index in [0.29, 0.717) is 6.61 Å². The highest BCUT2D eigenvalue weighted by Crippen LogP contribution is 2.26. The Morgan fingerprint density at radius 2 is 1.67 bits per heavy atom. The van der Waals surface area contributed by atoms with E-state index in [2.05, 4.69) is 67.8 Å². The van der Waals surface area contributed by atoms with E-state index in [4.69, 9.17) is 14.5 Å². The summed E-state index contributed by atoms with van der Waals surface area (Å²) < 4.78 is 14.4. The molecule has 1 heterocycles. The van der Waals surface area contributed by atoms with Crippen molar-refractivity contribution in [2.45, 2.75) is 39.8 Å². The van der Waals surface area contributed by atoms with E-state index in [0.717, 1.165) is 41.3 Å². The molecule has 1 atom stereocenters. The Morgan fingerprint density at radius 3 is 2.47 bits per heavy atom. The number of rotatable bonds is 8. The number of benzene rings is 3. The maximum atomic E-state index is 6.22. The molecule has 0 aliphatic heterocycles. The molecule has 30 heavy (non-hydrogen) atoms. The highest BCUT2D eigenvalue weighted by molar-refractivity contribution is 5.76. The Balaban J connectivity index is 1.49. The number of imidazole rings is 1. The van der Waals surface area contributed by atoms with Gasteiger partial charge in [0.1, 0.15) is 11.5 Å². The van der Waals surface area contributed by atoms with Gasteiger partial charge in [0.15, 0.2) is 11.9 Å². The molecule has 4 heteroatoms. The highest BCUT2D eigenvalue weighted by atomic mass is 16.5. The van der Waals surface area contributed by atoms with E-state index < -0.39 is 0 Å². The summed E-state index contributed by atoms with van der Waals surface area (Å²) in [6.07, 6.45) is 0.732. The predicted octanol–water partition coefficient (Wildman–Crippen LogP) is 6.26. The first kappa shape index (κ1) is 20.0. The van der Waals surface area contributed by atoms with Crippen molar-refractivity contribution in [1.82, 2.24) is 9.55 Å². The summed E-state index contributed by atoms with van der Waals surface area (Å²) in [7, 11) is 0. The van der Waals surface area contributed by atoms with Gasteiger partial charge in [0, 0.05) is 6.54 Å². The Bertz CT molecular complexity index is 1120. The molecule has 0 bridgehead atoms. The van der Waals surface area contributed by atoms with Crippen molar-refractivity contribution >= 4 is 11.0 Å². The van der Waals surface area contributed by atoms with Gasteiger partial charge in [0.05, 0.1) is 17.6 Å². The molecule has 4 aromatic rings. The second kappa shape index (κ2) is 9.04. The van der Waals surface area contributed by atoms with E-state index in [1.165, 1.54) is 11.1 Å². The topological polar surface area (TPSA) is 36.3 Å². The van der Waals surface area contributed by atoms with Gasteiger partial charge in [-0.2, -0.15) is 0 Å². The fourth-order valence-corrected chi connectivity index (χ4v) is 3.63.